The quantitative estimate of drug-likeness (QED) is 0.135. The molecule has 0 heterocycles. The zero-order valence-corrected chi connectivity index (χ0v) is 35.6. The summed E-state index contributed by atoms with van der Waals surface area (Å²) in [6.07, 6.45) is 4.13. The summed E-state index contributed by atoms with van der Waals surface area (Å²) in [5.74, 6) is 0. The van der Waals surface area contributed by atoms with E-state index in [-0.39, 0.29) is 5.41 Å². The van der Waals surface area contributed by atoms with Gasteiger partial charge in [0.15, 0.2) is 0 Å². The lowest BCUT2D eigenvalue weighted by atomic mass is 9.72. The van der Waals surface area contributed by atoms with Crippen LogP contribution in [0.15, 0.2) is 182 Å². The molecule has 10 aromatic rings. The van der Waals surface area contributed by atoms with Crippen LogP contribution in [0.4, 0.5) is 0 Å². The predicted octanol–water partition coefficient (Wildman–Crippen LogP) is 17.2. The maximum absolute atomic E-state index is 2.56. The number of fused-ring (bicyclic) bond motifs is 7. The Bertz CT molecular complexity index is 2980. The molecule has 0 fully saturated rings. The van der Waals surface area contributed by atoms with Crippen molar-refractivity contribution in [2.75, 3.05) is 0 Å². The first-order valence-corrected chi connectivity index (χ1v) is 22.4. The fourth-order valence-corrected chi connectivity index (χ4v) is 11.1. The summed E-state index contributed by atoms with van der Waals surface area (Å²) in [4.78, 5) is 0. The number of hydrogen-bond acceptors (Lipinski definition) is 0. The molecule has 0 saturated heterocycles. The molecule has 0 aliphatic heterocycles. The monoisotopic (exact) mass is 782 g/mol. The first-order chi connectivity index (χ1) is 30.1. The summed E-state index contributed by atoms with van der Waals surface area (Å²) in [7, 11) is 0. The van der Waals surface area contributed by atoms with Crippen molar-refractivity contribution in [1.82, 2.24) is 0 Å². The Kier molecular flexibility index (Phi) is 9.01. The molecule has 0 atom stereocenters. The molecular formula is C61H50. The van der Waals surface area contributed by atoms with Gasteiger partial charge < -0.3 is 0 Å². The normalized spacial score (nSPS) is 13.0. The van der Waals surface area contributed by atoms with Crippen LogP contribution < -0.4 is 0 Å². The van der Waals surface area contributed by atoms with E-state index in [4.69, 9.17) is 0 Å². The van der Waals surface area contributed by atoms with E-state index in [1.807, 2.05) is 0 Å². The lowest BCUT2D eigenvalue weighted by Gasteiger charge is -2.30. The van der Waals surface area contributed by atoms with Gasteiger partial charge in [0.1, 0.15) is 0 Å². The highest BCUT2D eigenvalue weighted by molar-refractivity contribution is 6.23. The predicted molar refractivity (Wildman–Crippen MR) is 264 cm³/mol. The standard InChI is InChI=1S/C61H50/c1-5-39-25-29-41(30-26-39)57-47-17-9-13-21-51(47)59(52-22-14-10-18-48(52)57)43-33-35-45-46-36-34-44(38-56(46)61(7-3,8-4)55(45)37-43)60-53-23-15-11-19-49(53)58(50-20-12-16-24-54(50)60)42-31-27-40(6-2)28-32-42/h9-38H,5-8H2,1-4H3. The van der Waals surface area contributed by atoms with Crippen molar-refractivity contribution in [3.63, 3.8) is 0 Å². The third-order valence-electron chi connectivity index (χ3n) is 14.3. The van der Waals surface area contributed by atoms with E-state index in [9.17, 15) is 0 Å². The number of hydrogen-bond donors (Lipinski definition) is 0. The summed E-state index contributed by atoms with van der Waals surface area (Å²) in [5.41, 5.74) is 18.7. The van der Waals surface area contributed by atoms with Gasteiger partial charge in [-0.2, -0.15) is 0 Å². The molecule has 61 heavy (non-hydrogen) atoms. The van der Waals surface area contributed by atoms with Crippen LogP contribution in [0, 0.1) is 0 Å². The molecule has 0 amide bonds. The average molecular weight is 783 g/mol. The van der Waals surface area contributed by atoms with Gasteiger partial charge in [0.25, 0.3) is 0 Å². The fourth-order valence-electron chi connectivity index (χ4n) is 11.1. The molecule has 0 aromatic heterocycles. The summed E-state index contributed by atoms with van der Waals surface area (Å²) in [6, 6.07) is 69.5. The molecule has 0 bridgehead atoms. The number of benzene rings is 10. The van der Waals surface area contributed by atoms with Crippen LogP contribution in [0.5, 0.6) is 0 Å². The van der Waals surface area contributed by atoms with Gasteiger partial charge in [-0.05, 0) is 159 Å². The summed E-state index contributed by atoms with van der Waals surface area (Å²) in [6.45, 7) is 9.25. The van der Waals surface area contributed by atoms with E-state index in [1.165, 1.54) is 121 Å². The van der Waals surface area contributed by atoms with Crippen molar-refractivity contribution >= 4 is 43.1 Å². The molecule has 0 unspecified atom stereocenters. The first-order valence-electron chi connectivity index (χ1n) is 22.4. The topological polar surface area (TPSA) is 0 Å². The Balaban J connectivity index is 1.10. The molecule has 11 rings (SSSR count). The van der Waals surface area contributed by atoms with Crippen molar-refractivity contribution in [2.24, 2.45) is 0 Å². The van der Waals surface area contributed by atoms with Crippen LogP contribution in [0.25, 0.3) is 98.7 Å². The molecule has 294 valence electrons. The number of rotatable bonds is 8. The maximum atomic E-state index is 2.56. The van der Waals surface area contributed by atoms with Crippen LogP contribution in [0.2, 0.25) is 0 Å². The third kappa shape index (κ3) is 5.65. The minimum Gasteiger partial charge on any atom is -0.0642 e. The van der Waals surface area contributed by atoms with Crippen LogP contribution >= 0.6 is 0 Å². The van der Waals surface area contributed by atoms with E-state index in [2.05, 4.69) is 210 Å². The van der Waals surface area contributed by atoms with E-state index >= 15 is 0 Å². The van der Waals surface area contributed by atoms with Gasteiger partial charge in [-0.1, -0.05) is 198 Å². The van der Waals surface area contributed by atoms with Crippen molar-refractivity contribution in [2.45, 2.75) is 58.8 Å². The van der Waals surface area contributed by atoms with E-state index < -0.39 is 0 Å². The molecule has 10 aromatic carbocycles. The first kappa shape index (κ1) is 37.3. The molecule has 0 N–H and O–H groups in total. The zero-order valence-electron chi connectivity index (χ0n) is 35.6. The Labute approximate surface area is 360 Å². The highest BCUT2D eigenvalue weighted by Gasteiger charge is 2.41. The van der Waals surface area contributed by atoms with Crippen molar-refractivity contribution in [3.05, 3.63) is 204 Å². The smallest absolute Gasteiger partial charge is 0.0210 e. The van der Waals surface area contributed by atoms with Gasteiger partial charge in [-0.3, -0.25) is 0 Å². The Hall–Kier alpha value is -6.76. The summed E-state index contributed by atoms with van der Waals surface area (Å²) in [5, 5.41) is 10.4. The lowest BCUT2D eigenvalue weighted by Crippen LogP contribution is -2.23. The summed E-state index contributed by atoms with van der Waals surface area (Å²) < 4.78 is 0. The van der Waals surface area contributed by atoms with Gasteiger partial charge in [0.05, 0.1) is 0 Å². The van der Waals surface area contributed by atoms with Crippen LogP contribution in [0.1, 0.15) is 62.8 Å². The highest BCUT2D eigenvalue weighted by Crippen LogP contribution is 2.56. The molecule has 1 aliphatic carbocycles. The van der Waals surface area contributed by atoms with Gasteiger partial charge in [-0.25, -0.2) is 0 Å². The molecule has 1 aliphatic rings. The molecule has 0 radical (unpaired) electrons. The Morgan fingerprint density at radius 2 is 0.557 bits per heavy atom. The molecular weight excluding hydrogens is 733 g/mol. The zero-order chi connectivity index (χ0) is 41.2. The minimum atomic E-state index is -0.115. The fraction of sp³-hybridized carbons (Fsp3) is 0.148. The molecule has 0 saturated carbocycles. The van der Waals surface area contributed by atoms with Gasteiger partial charge in [0.2, 0.25) is 0 Å². The lowest BCUT2D eigenvalue weighted by molar-refractivity contribution is 0.491. The van der Waals surface area contributed by atoms with Crippen molar-refractivity contribution in [3.8, 4) is 55.6 Å². The second kappa shape index (κ2) is 14.8. The van der Waals surface area contributed by atoms with E-state index in [0.717, 1.165) is 25.7 Å². The Morgan fingerprint density at radius 1 is 0.295 bits per heavy atom. The molecule has 0 nitrogen and oxygen atoms in total. The van der Waals surface area contributed by atoms with Gasteiger partial charge in [-0.15, -0.1) is 0 Å². The van der Waals surface area contributed by atoms with Gasteiger partial charge >= 0.3 is 0 Å². The SMILES string of the molecule is CCc1ccc(-c2c3ccccc3c(-c3ccc4c(c3)C(CC)(CC)c3cc(-c5c6ccccc6c(-c6ccc(CC)cc6)c6ccccc56)ccc3-4)c3ccccc23)cc1. The highest BCUT2D eigenvalue weighted by atomic mass is 14.4. The Morgan fingerprint density at radius 3 is 0.820 bits per heavy atom. The molecule has 0 heteroatoms. The minimum absolute atomic E-state index is 0.115. The van der Waals surface area contributed by atoms with Crippen molar-refractivity contribution < 1.29 is 0 Å². The van der Waals surface area contributed by atoms with E-state index in [0.29, 0.717) is 0 Å². The van der Waals surface area contributed by atoms with Gasteiger partial charge in [0, 0.05) is 5.41 Å². The van der Waals surface area contributed by atoms with Crippen LogP contribution in [0.3, 0.4) is 0 Å². The summed E-state index contributed by atoms with van der Waals surface area (Å²) >= 11 is 0. The third-order valence-corrected chi connectivity index (χ3v) is 14.3. The largest absolute Gasteiger partial charge is 0.0642 e. The van der Waals surface area contributed by atoms with Crippen molar-refractivity contribution in [1.29, 1.82) is 0 Å². The van der Waals surface area contributed by atoms with Crippen LogP contribution in [-0.4, -0.2) is 0 Å². The second-order valence-electron chi connectivity index (χ2n) is 17.1. The molecule has 0 spiro atoms. The maximum Gasteiger partial charge on any atom is 0.0210 e. The number of aryl methyl sites for hydroxylation is 2. The van der Waals surface area contributed by atoms with E-state index in [1.54, 1.807) is 0 Å². The van der Waals surface area contributed by atoms with Crippen LogP contribution in [-0.2, 0) is 18.3 Å². The second-order valence-corrected chi connectivity index (χ2v) is 17.1. The average Bonchev–Trinajstić information content (AvgIpc) is 3.60.